The van der Waals surface area contributed by atoms with Gasteiger partial charge in [0.05, 0.1) is 12.0 Å². The minimum atomic E-state index is -0.888. The fourth-order valence-electron chi connectivity index (χ4n) is 1.92. The minimum absolute atomic E-state index is 0.00213. The smallest absolute Gasteiger partial charge is 0.227 e. The molecule has 0 saturated carbocycles. The van der Waals surface area contributed by atoms with Gasteiger partial charge in [0.2, 0.25) is 5.91 Å². The van der Waals surface area contributed by atoms with Crippen LogP contribution < -0.4 is 5.73 Å². The van der Waals surface area contributed by atoms with Gasteiger partial charge in [-0.25, -0.2) is 0 Å². The molecular formula is C15H22N2O2S. The molecule has 1 aromatic carbocycles. The Bertz CT molecular complexity index is 478. The topological polar surface area (TPSA) is 66.6 Å². The van der Waals surface area contributed by atoms with Crippen molar-refractivity contribution in [1.82, 2.24) is 4.90 Å². The Labute approximate surface area is 125 Å². The molecule has 0 aliphatic carbocycles. The Hall–Kier alpha value is -1.46. The minimum Gasteiger partial charge on any atom is -0.389 e. The molecule has 20 heavy (non-hydrogen) atoms. The summed E-state index contributed by atoms with van der Waals surface area (Å²) in [6.07, 6.45) is 0.307. The monoisotopic (exact) mass is 294 g/mol. The van der Waals surface area contributed by atoms with Gasteiger partial charge in [-0.05, 0) is 26.3 Å². The van der Waals surface area contributed by atoms with Gasteiger partial charge in [-0.3, -0.25) is 4.79 Å². The second-order valence-electron chi connectivity index (χ2n) is 5.46. The van der Waals surface area contributed by atoms with Crippen LogP contribution >= 0.6 is 12.2 Å². The van der Waals surface area contributed by atoms with Crippen LogP contribution in [0.3, 0.4) is 0 Å². The first-order valence-electron chi connectivity index (χ1n) is 6.62. The van der Waals surface area contributed by atoms with E-state index < -0.39 is 5.60 Å². The van der Waals surface area contributed by atoms with E-state index >= 15 is 0 Å². The molecule has 1 amide bonds. The number of hydrogen-bond donors (Lipinski definition) is 2. The predicted molar refractivity (Wildman–Crippen MR) is 84.6 cm³/mol. The van der Waals surface area contributed by atoms with Crippen molar-refractivity contribution in [3.05, 3.63) is 35.4 Å². The van der Waals surface area contributed by atoms with Crippen LogP contribution in [0.4, 0.5) is 0 Å². The molecule has 0 bridgehead atoms. The number of hydrogen-bond acceptors (Lipinski definition) is 3. The van der Waals surface area contributed by atoms with E-state index in [0.717, 1.165) is 11.1 Å². The quantitative estimate of drug-likeness (QED) is 0.780. The molecular weight excluding hydrogens is 272 g/mol. The summed E-state index contributed by atoms with van der Waals surface area (Å²) in [5.74, 6) is -0.00213. The van der Waals surface area contributed by atoms with Crippen LogP contribution in [0.15, 0.2) is 24.3 Å². The van der Waals surface area contributed by atoms with Crippen molar-refractivity contribution in [1.29, 1.82) is 0 Å². The van der Waals surface area contributed by atoms with Gasteiger partial charge in [-0.2, -0.15) is 0 Å². The third-order valence-electron chi connectivity index (χ3n) is 2.91. The Kier molecular flexibility index (Phi) is 5.65. The number of thiocarbonyl (C=S) groups is 1. The van der Waals surface area contributed by atoms with Crippen LogP contribution in [0.2, 0.25) is 0 Å². The fourth-order valence-corrected chi connectivity index (χ4v) is 2.05. The molecule has 0 unspecified atom stereocenters. The number of rotatable bonds is 6. The van der Waals surface area contributed by atoms with E-state index in [1.165, 1.54) is 0 Å². The highest BCUT2D eigenvalue weighted by atomic mass is 32.1. The van der Waals surface area contributed by atoms with Crippen molar-refractivity contribution in [2.45, 2.75) is 32.8 Å². The largest absolute Gasteiger partial charge is 0.389 e. The van der Waals surface area contributed by atoms with E-state index in [1.54, 1.807) is 18.7 Å². The lowest BCUT2D eigenvalue weighted by Gasteiger charge is -2.28. The van der Waals surface area contributed by atoms with E-state index in [0.29, 0.717) is 24.5 Å². The zero-order valence-electron chi connectivity index (χ0n) is 12.2. The molecule has 0 aromatic heterocycles. The van der Waals surface area contributed by atoms with E-state index in [2.05, 4.69) is 0 Å². The summed E-state index contributed by atoms with van der Waals surface area (Å²) in [5.41, 5.74) is 6.34. The zero-order valence-corrected chi connectivity index (χ0v) is 13.0. The number of aliphatic hydroxyl groups is 1. The molecule has 0 fully saturated rings. The molecule has 110 valence electrons. The van der Waals surface area contributed by atoms with Gasteiger partial charge in [0, 0.05) is 18.7 Å². The standard InChI is InChI=1S/C15H22N2O2S/c1-4-17(10-15(2,3)19)13(18)9-11-5-7-12(8-6-11)14(16)20/h5-8,19H,4,9-10H2,1-3H3,(H2,16,20). The molecule has 1 rings (SSSR count). The van der Waals surface area contributed by atoms with Crippen molar-refractivity contribution in [2.24, 2.45) is 5.73 Å². The number of benzene rings is 1. The number of likely N-dealkylation sites (N-methyl/N-ethyl adjacent to an activating group) is 1. The first-order chi connectivity index (χ1) is 9.23. The fraction of sp³-hybridized carbons (Fsp3) is 0.467. The summed E-state index contributed by atoms with van der Waals surface area (Å²) < 4.78 is 0. The van der Waals surface area contributed by atoms with E-state index in [4.69, 9.17) is 18.0 Å². The number of carbonyl (C=O) groups excluding carboxylic acids is 1. The second-order valence-corrected chi connectivity index (χ2v) is 5.90. The summed E-state index contributed by atoms with van der Waals surface area (Å²) in [5, 5.41) is 9.81. The highest BCUT2D eigenvalue weighted by Crippen LogP contribution is 2.10. The van der Waals surface area contributed by atoms with Gasteiger partial charge in [-0.15, -0.1) is 0 Å². The van der Waals surface area contributed by atoms with Crippen LogP contribution in [0.5, 0.6) is 0 Å². The van der Waals surface area contributed by atoms with Crippen LogP contribution in [-0.4, -0.2) is 39.6 Å². The van der Waals surface area contributed by atoms with Crippen LogP contribution in [0.1, 0.15) is 31.9 Å². The maximum absolute atomic E-state index is 12.2. The summed E-state index contributed by atoms with van der Waals surface area (Å²) in [6.45, 7) is 6.19. The van der Waals surface area contributed by atoms with Crippen LogP contribution in [0, 0.1) is 0 Å². The highest BCUT2D eigenvalue weighted by molar-refractivity contribution is 7.80. The molecule has 1 aromatic rings. The van der Waals surface area contributed by atoms with Crippen LogP contribution in [0.25, 0.3) is 0 Å². The summed E-state index contributed by atoms with van der Waals surface area (Å²) in [4.78, 5) is 14.2. The van der Waals surface area contributed by atoms with Gasteiger partial charge in [-0.1, -0.05) is 36.5 Å². The maximum atomic E-state index is 12.2. The zero-order chi connectivity index (χ0) is 15.3. The molecule has 3 N–H and O–H groups in total. The highest BCUT2D eigenvalue weighted by Gasteiger charge is 2.21. The van der Waals surface area contributed by atoms with Crippen molar-refractivity contribution in [2.75, 3.05) is 13.1 Å². The maximum Gasteiger partial charge on any atom is 0.227 e. The number of nitrogens with zero attached hydrogens (tertiary/aromatic N) is 1. The Morgan fingerprint density at radius 3 is 2.30 bits per heavy atom. The lowest BCUT2D eigenvalue weighted by atomic mass is 10.1. The molecule has 0 atom stereocenters. The molecule has 4 nitrogen and oxygen atoms in total. The third kappa shape index (κ3) is 5.27. The Morgan fingerprint density at radius 1 is 1.35 bits per heavy atom. The third-order valence-corrected chi connectivity index (χ3v) is 3.14. The molecule has 0 radical (unpaired) electrons. The summed E-state index contributed by atoms with van der Waals surface area (Å²) in [6, 6.07) is 7.34. The van der Waals surface area contributed by atoms with Gasteiger partial charge in [0.15, 0.2) is 0 Å². The van der Waals surface area contributed by atoms with Gasteiger partial charge in [0.25, 0.3) is 0 Å². The first kappa shape index (κ1) is 16.6. The first-order valence-corrected chi connectivity index (χ1v) is 7.02. The SMILES string of the molecule is CCN(CC(C)(C)O)C(=O)Cc1ccc(C(N)=S)cc1. The molecule has 0 aliphatic heterocycles. The van der Waals surface area contributed by atoms with Crippen molar-refractivity contribution in [3.8, 4) is 0 Å². The molecule has 0 heterocycles. The number of amides is 1. The average Bonchev–Trinajstić information content (AvgIpc) is 2.35. The summed E-state index contributed by atoms with van der Waals surface area (Å²) in [7, 11) is 0. The van der Waals surface area contributed by atoms with Crippen molar-refractivity contribution < 1.29 is 9.90 Å². The van der Waals surface area contributed by atoms with Gasteiger partial charge in [0.1, 0.15) is 4.99 Å². The van der Waals surface area contributed by atoms with Crippen molar-refractivity contribution >= 4 is 23.1 Å². The van der Waals surface area contributed by atoms with Gasteiger partial charge < -0.3 is 15.7 Å². The summed E-state index contributed by atoms with van der Waals surface area (Å²) >= 11 is 4.89. The molecule has 0 aliphatic rings. The molecule has 0 spiro atoms. The molecule has 0 saturated heterocycles. The van der Waals surface area contributed by atoms with Crippen LogP contribution in [-0.2, 0) is 11.2 Å². The second kappa shape index (κ2) is 6.81. The normalized spacial score (nSPS) is 11.2. The molecule has 5 heteroatoms. The lowest BCUT2D eigenvalue weighted by molar-refractivity contribution is -0.133. The Morgan fingerprint density at radius 2 is 1.90 bits per heavy atom. The van der Waals surface area contributed by atoms with Gasteiger partial charge >= 0.3 is 0 Å². The lowest BCUT2D eigenvalue weighted by Crippen LogP contribution is -2.42. The van der Waals surface area contributed by atoms with E-state index in [9.17, 15) is 9.90 Å². The van der Waals surface area contributed by atoms with E-state index in [1.807, 2.05) is 31.2 Å². The number of carbonyl (C=O) groups is 1. The van der Waals surface area contributed by atoms with Crippen molar-refractivity contribution in [3.63, 3.8) is 0 Å². The Balaban J connectivity index is 2.71. The van der Waals surface area contributed by atoms with E-state index in [-0.39, 0.29) is 5.91 Å². The predicted octanol–water partition coefficient (Wildman–Crippen LogP) is 1.48. The number of nitrogens with two attached hydrogens (primary N) is 1. The average molecular weight is 294 g/mol.